The van der Waals surface area contributed by atoms with Crippen molar-refractivity contribution in [1.29, 1.82) is 0 Å². The van der Waals surface area contributed by atoms with Crippen LogP contribution in [0.2, 0.25) is 0 Å². The van der Waals surface area contributed by atoms with Crippen molar-refractivity contribution in [2.45, 2.75) is 13.3 Å². The molecule has 0 aliphatic heterocycles. The van der Waals surface area contributed by atoms with Gasteiger partial charge in [-0.15, -0.1) is 0 Å². The third kappa shape index (κ3) is 3.76. The molecule has 6 N–H and O–H groups in total. The number of fused-ring (bicyclic) bond motifs is 1. The molecule has 2 aromatic carbocycles. The zero-order valence-corrected chi connectivity index (χ0v) is 15.7. The number of rotatable bonds is 5. The number of nitrogen functional groups attached to an aromatic ring is 1. The van der Waals surface area contributed by atoms with Crippen LogP contribution in [0.4, 0.5) is 11.4 Å². The number of nitrogens with one attached hydrogen (secondary N) is 1. The highest BCUT2D eigenvalue weighted by molar-refractivity contribution is 7.87. The number of nitro benzene ring substituents is 1. The van der Waals surface area contributed by atoms with Crippen LogP contribution in [0.1, 0.15) is 13.3 Å². The van der Waals surface area contributed by atoms with E-state index in [0.717, 1.165) is 12.5 Å². The van der Waals surface area contributed by atoms with E-state index in [-0.39, 0.29) is 27.1 Å². The number of nitrogens with two attached hydrogens (primary N) is 2. The maximum absolute atomic E-state index is 12.3. The van der Waals surface area contributed by atoms with Gasteiger partial charge in [0, 0.05) is 11.5 Å². The van der Waals surface area contributed by atoms with E-state index < -0.39 is 20.6 Å². The molecule has 1 atom stereocenters. The summed E-state index contributed by atoms with van der Waals surface area (Å²) in [6.07, 6.45) is 0.794. The fourth-order valence-corrected chi connectivity index (χ4v) is 3.43. The number of H-pyrrole nitrogens is 1. The van der Waals surface area contributed by atoms with Gasteiger partial charge >= 0.3 is 0 Å². The molecule has 0 saturated carbocycles. The van der Waals surface area contributed by atoms with Crippen LogP contribution < -0.4 is 15.6 Å². The van der Waals surface area contributed by atoms with Crippen molar-refractivity contribution >= 4 is 32.3 Å². The number of hydrogen-bond donors (Lipinski definition) is 4. The zero-order chi connectivity index (χ0) is 20.5. The standard InChI is InChI=1S/C17H19N5O5S/c1-2-7-27-15-6-4-3-5-10(15)16-20-13-9-12(18)14(22(23)24)8-11(13)17(21-16)28(19,25)26/h3-6,8-9H,2,7,18H2,1H3,(H,20,21)(H3,19,25,26). The summed E-state index contributed by atoms with van der Waals surface area (Å²) in [5.74, 6) is 0.740. The lowest BCUT2D eigenvalue weighted by molar-refractivity contribution is -0.383. The second kappa shape index (κ2) is 7.46. The first-order chi connectivity index (χ1) is 13.2. The zero-order valence-electron chi connectivity index (χ0n) is 14.9. The fourth-order valence-electron chi connectivity index (χ4n) is 2.71. The summed E-state index contributed by atoms with van der Waals surface area (Å²) in [4.78, 5) is 17.6. The van der Waals surface area contributed by atoms with Crippen LogP contribution in [0.15, 0.2) is 36.4 Å². The first kappa shape index (κ1) is 19.6. The van der Waals surface area contributed by atoms with E-state index in [4.69, 9.17) is 15.6 Å². The van der Waals surface area contributed by atoms with Crippen molar-refractivity contribution in [2.75, 3.05) is 12.3 Å². The molecule has 0 aliphatic carbocycles. The monoisotopic (exact) mass is 405 g/mol. The lowest BCUT2D eigenvalue weighted by Crippen LogP contribution is -2.13. The van der Waals surface area contributed by atoms with Gasteiger partial charge in [0.25, 0.3) is 5.69 Å². The molecule has 11 heteroatoms. The van der Waals surface area contributed by atoms with E-state index in [0.29, 0.717) is 17.9 Å². The van der Waals surface area contributed by atoms with Crippen LogP contribution in [-0.4, -0.2) is 30.3 Å². The molecule has 0 spiro atoms. The first-order valence-electron chi connectivity index (χ1n) is 8.30. The van der Waals surface area contributed by atoms with Gasteiger partial charge < -0.3 is 20.0 Å². The molecule has 0 saturated heterocycles. The van der Waals surface area contributed by atoms with Crippen LogP contribution in [-0.2, 0) is 9.99 Å². The molecule has 0 aliphatic rings. The highest BCUT2D eigenvalue weighted by Crippen LogP contribution is 2.32. The van der Waals surface area contributed by atoms with Crippen LogP contribution in [0.25, 0.3) is 22.3 Å². The van der Waals surface area contributed by atoms with Crippen LogP contribution in [0.3, 0.4) is 0 Å². The van der Waals surface area contributed by atoms with Gasteiger partial charge in [-0.1, -0.05) is 19.1 Å². The molecule has 0 amide bonds. The number of benzene rings is 2. The number of nitro groups is 1. The first-order valence-corrected chi connectivity index (χ1v) is 9.87. The molecular weight excluding hydrogens is 386 g/mol. The van der Waals surface area contributed by atoms with Gasteiger partial charge in [-0.2, -0.15) is 0 Å². The minimum absolute atomic E-state index is 0.0339. The summed E-state index contributed by atoms with van der Waals surface area (Å²) in [5.41, 5.74) is 5.94. The Hall–Kier alpha value is -3.15. The second-order valence-electron chi connectivity index (χ2n) is 6.01. The summed E-state index contributed by atoms with van der Waals surface area (Å²) < 4.78 is 27.7. The van der Waals surface area contributed by atoms with Gasteiger partial charge in [0.15, 0.2) is 9.99 Å². The molecule has 1 unspecified atom stereocenters. The third-order valence-corrected chi connectivity index (χ3v) is 4.85. The van der Waals surface area contributed by atoms with Gasteiger partial charge in [-0.05, 0) is 24.6 Å². The van der Waals surface area contributed by atoms with Crippen LogP contribution in [0.5, 0.6) is 5.75 Å². The molecule has 3 rings (SSSR count). The number of aromatic nitrogens is 2. The number of para-hydroxylation sites is 1. The Balaban J connectivity index is 2.39. The van der Waals surface area contributed by atoms with Gasteiger partial charge in [0.1, 0.15) is 21.9 Å². The van der Waals surface area contributed by atoms with Crippen molar-refractivity contribution in [3.63, 3.8) is 0 Å². The molecule has 10 nitrogen and oxygen atoms in total. The van der Waals surface area contributed by atoms with Crippen molar-refractivity contribution in [1.82, 2.24) is 9.97 Å². The quantitative estimate of drug-likeness (QED) is 0.219. The number of hydrogen-bond acceptors (Lipinski definition) is 6. The second-order valence-corrected chi connectivity index (χ2v) is 7.56. The van der Waals surface area contributed by atoms with Crippen molar-refractivity contribution in [3.05, 3.63) is 51.2 Å². The smallest absolute Gasteiger partial charge is 0.292 e. The Bertz CT molecular complexity index is 1220. The Labute approximate surface area is 160 Å². The summed E-state index contributed by atoms with van der Waals surface area (Å²) >= 11 is 0. The lowest BCUT2D eigenvalue weighted by Gasteiger charge is -2.12. The van der Waals surface area contributed by atoms with Crippen molar-refractivity contribution < 1.29 is 18.4 Å². The van der Waals surface area contributed by atoms with Crippen LogP contribution in [0, 0.1) is 14.8 Å². The number of anilines is 1. The molecule has 1 aromatic heterocycles. The molecule has 148 valence electrons. The fraction of sp³-hybridized carbons (Fsp3) is 0.176. The van der Waals surface area contributed by atoms with Crippen molar-refractivity contribution in [2.24, 2.45) is 5.14 Å². The SMILES string of the molecule is CCCOc1ccccc1-c1nc2cc(N)c([N+](=O)[O-])cc2c(=S(N)(=O)O)[nH]1. The Morgan fingerprint density at radius 2 is 2.07 bits per heavy atom. The summed E-state index contributed by atoms with van der Waals surface area (Å²) in [6, 6.07) is 9.37. The molecule has 0 bridgehead atoms. The minimum Gasteiger partial charge on any atom is -0.493 e. The number of nitrogens with zero attached hydrogens (tertiary/aromatic N) is 2. The average molecular weight is 405 g/mol. The van der Waals surface area contributed by atoms with E-state index >= 15 is 0 Å². The van der Waals surface area contributed by atoms with E-state index in [1.807, 2.05) is 6.92 Å². The summed E-state index contributed by atoms with van der Waals surface area (Å²) in [6.45, 7) is 2.44. The highest BCUT2D eigenvalue weighted by atomic mass is 32.2. The summed E-state index contributed by atoms with van der Waals surface area (Å²) in [5, 5.41) is 16.7. The number of aromatic amines is 1. The molecule has 28 heavy (non-hydrogen) atoms. The predicted octanol–water partition coefficient (Wildman–Crippen LogP) is 2.67. The normalized spacial score (nSPS) is 13.2. The van der Waals surface area contributed by atoms with Crippen molar-refractivity contribution in [3.8, 4) is 17.1 Å². The van der Waals surface area contributed by atoms with E-state index in [2.05, 4.69) is 9.97 Å². The van der Waals surface area contributed by atoms with E-state index in [9.17, 15) is 18.9 Å². The number of ether oxygens (including phenoxy) is 1. The maximum atomic E-state index is 12.3. The topological polar surface area (TPSA) is 170 Å². The van der Waals surface area contributed by atoms with E-state index in [1.165, 1.54) is 6.07 Å². The predicted molar refractivity (Wildman–Crippen MR) is 107 cm³/mol. The average Bonchev–Trinajstić information content (AvgIpc) is 2.64. The Kier molecular flexibility index (Phi) is 5.23. The molecule has 1 heterocycles. The maximum Gasteiger partial charge on any atom is 0.292 e. The molecule has 0 radical (unpaired) electrons. The Morgan fingerprint density at radius 3 is 2.71 bits per heavy atom. The summed E-state index contributed by atoms with van der Waals surface area (Å²) in [7, 11) is -3.99. The van der Waals surface area contributed by atoms with Gasteiger partial charge in [-0.25, -0.2) is 14.3 Å². The Morgan fingerprint density at radius 1 is 1.36 bits per heavy atom. The minimum atomic E-state index is -3.99. The largest absolute Gasteiger partial charge is 0.493 e. The molecular formula is C17H19N5O5S. The van der Waals surface area contributed by atoms with E-state index in [1.54, 1.807) is 24.3 Å². The third-order valence-electron chi connectivity index (χ3n) is 3.95. The van der Waals surface area contributed by atoms with Gasteiger partial charge in [0.05, 0.1) is 22.6 Å². The van der Waals surface area contributed by atoms with Gasteiger partial charge in [0.2, 0.25) is 0 Å². The molecule has 0 fully saturated rings. The van der Waals surface area contributed by atoms with Gasteiger partial charge in [-0.3, -0.25) is 10.1 Å². The van der Waals surface area contributed by atoms with Crippen LogP contribution >= 0.6 is 0 Å². The highest BCUT2D eigenvalue weighted by Gasteiger charge is 2.18. The molecule has 3 aromatic rings. The lowest BCUT2D eigenvalue weighted by atomic mass is 10.1.